The number of aromatic nitrogens is 1. The Morgan fingerprint density at radius 1 is 1.14 bits per heavy atom. The summed E-state index contributed by atoms with van der Waals surface area (Å²) in [5.74, 6) is -0.273. The van der Waals surface area contributed by atoms with Crippen LogP contribution in [-0.2, 0) is 16.1 Å². The normalized spacial score (nSPS) is 10.8. The van der Waals surface area contributed by atoms with Gasteiger partial charge in [-0.3, -0.25) is 9.59 Å². The minimum atomic E-state index is -0.230. The van der Waals surface area contributed by atoms with Gasteiger partial charge in [0.15, 0.2) is 0 Å². The summed E-state index contributed by atoms with van der Waals surface area (Å²) in [6, 6.07) is 15.5. The van der Waals surface area contributed by atoms with E-state index in [9.17, 15) is 9.59 Å². The topological polar surface area (TPSA) is 54.3 Å². The smallest absolute Gasteiger partial charge is 0.244 e. The molecule has 28 heavy (non-hydrogen) atoms. The highest BCUT2D eigenvalue weighted by Crippen LogP contribution is 2.20. The number of anilines is 1. The first-order valence-electron chi connectivity index (χ1n) is 9.35. The van der Waals surface area contributed by atoms with Crippen molar-refractivity contribution in [3.63, 3.8) is 0 Å². The third-order valence-corrected chi connectivity index (χ3v) is 5.02. The summed E-state index contributed by atoms with van der Waals surface area (Å²) in [5.41, 5.74) is 2.69. The fourth-order valence-corrected chi connectivity index (χ4v) is 3.35. The van der Waals surface area contributed by atoms with Gasteiger partial charge in [-0.05, 0) is 49.1 Å². The van der Waals surface area contributed by atoms with Crippen LogP contribution in [0.1, 0.15) is 18.9 Å². The third kappa shape index (κ3) is 4.73. The van der Waals surface area contributed by atoms with Gasteiger partial charge in [-0.25, -0.2) is 0 Å². The van der Waals surface area contributed by atoms with E-state index in [0.29, 0.717) is 30.2 Å². The quantitative estimate of drug-likeness (QED) is 0.639. The van der Waals surface area contributed by atoms with Crippen LogP contribution in [0.25, 0.3) is 10.9 Å². The molecule has 0 radical (unpaired) electrons. The van der Waals surface area contributed by atoms with Crippen LogP contribution in [0.2, 0.25) is 5.02 Å². The van der Waals surface area contributed by atoms with Crippen LogP contribution in [-0.4, -0.2) is 34.4 Å². The molecule has 1 aromatic heterocycles. The highest BCUT2D eigenvalue weighted by atomic mass is 35.5. The molecule has 0 atom stereocenters. The largest absolute Gasteiger partial charge is 0.347 e. The summed E-state index contributed by atoms with van der Waals surface area (Å²) in [6.07, 6.45) is 2.33. The van der Waals surface area contributed by atoms with Crippen LogP contribution in [0.15, 0.2) is 54.7 Å². The zero-order valence-corrected chi connectivity index (χ0v) is 16.9. The maximum Gasteiger partial charge on any atom is 0.244 e. The van der Waals surface area contributed by atoms with Gasteiger partial charge in [-0.2, -0.15) is 0 Å². The Labute approximate surface area is 169 Å². The molecule has 0 saturated carbocycles. The first-order valence-corrected chi connectivity index (χ1v) is 9.73. The second kappa shape index (κ2) is 8.93. The average molecular weight is 398 g/mol. The molecule has 0 aliphatic heterocycles. The van der Waals surface area contributed by atoms with Gasteiger partial charge in [-0.15, -0.1) is 0 Å². The van der Waals surface area contributed by atoms with Crippen LogP contribution in [0.3, 0.4) is 0 Å². The van der Waals surface area contributed by atoms with E-state index >= 15 is 0 Å². The lowest BCUT2D eigenvalue weighted by Crippen LogP contribution is -2.38. The van der Waals surface area contributed by atoms with E-state index in [4.69, 9.17) is 11.6 Å². The van der Waals surface area contributed by atoms with E-state index in [-0.39, 0.29) is 18.4 Å². The van der Waals surface area contributed by atoms with Gasteiger partial charge in [0.1, 0.15) is 0 Å². The highest BCUT2D eigenvalue weighted by molar-refractivity contribution is 6.31. The number of benzene rings is 2. The Bertz CT molecular complexity index is 996. The fraction of sp³-hybridized carbons (Fsp3) is 0.273. The first kappa shape index (κ1) is 20.0. The van der Waals surface area contributed by atoms with Gasteiger partial charge in [0.25, 0.3) is 0 Å². The van der Waals surface area contributed by atoms with Crippen molar-refractivity contribution in [3.05, 3.63) is 65.3 Å². The monoisotopic (exact) mass is 397 g/mol. The van der Waals surface area contributed by atoms with E-state index in [2.05, 4.69) is 9.88 Å². The maximum absolute atomic E-state index is 12.6. The number of fused-ring (bicyclic) bond motifs is 1. The van der Waals surface area contributed by atoms with Crippen LogP contribution in [0.4, 0.5) is 5.69 Å². The number of nitrogens with zero attached hydrogens (tertiary/aromatic N) is 2. The molecule has 1 heterocycles. The number of hydrogen-bond donors (Lipinski definition) is 1. The summed E-state index contributed by atoms with van der Waals surface area (Å²) in [5, 5.41) is 4.55. The van der Waals surface area contributed by atoms with Crippen LogP contribution >= 0.6 is 11.6 Å². The summed E-state index contributed by atoms with van der Waals surface area (Å²) < 4.78 is 2.07. The zero-order valence-electron chi connectivity index (χ0n) is 16.1. The predicted molar refractivity (Wildman–Crippen MR) is 114 cm³/mol. The molecule has 0 saturated heterocycles. The van der Waals surface area contributed by atoms with E-state index in [1.165, 1.54) is 0 Å². The number of halogens is 1. The van der Waals surface area contributed by atoms with E-state index in [1.54, 1.807) is 17.0 Å². The summed E-state index contributed by atoms with van der Waals surface area (Å²) in [6.45, 7) is 4.86. The molecule has 0 aliphatic carbocycles. The van der Waals surface area contributed by atoms with Crippen molar-refractivity contribution in [2.45, 2.75) is 26.8 Å². The van der Waals surface area contributed by atoms with Gasteiger partial charge in [0.2, 0.25) is 11.8 Å². The molecule has 2 amide bonds. The molecule has 0 bridgehead atoms. The maximum atomic E-state index is 12.6. The second-order valence-electron chi connectivity index (χ2n) is 6.73. The number of nitrogens with one attached hydrogen (secondary N) is 1. The molecule has 1 N–H and O–H groups in total. The van der Waals surface area contributed by atoms with Crippen molar-refractivity contribution in [1.29, 1.82) is 0 Å². The van der Waals surface area contributed by atoms with Crippen LogP contribution in [0, 0.1) is 6.92 Å². The van der Waals surface area contributed by atoms with Crippen molar-refractivity contribution < 1.29 is 9.59 Å². The summed E-state index contributed by atoms with van der Waals surface area (Å²) in [4.78, 5) is 26.6. The number of para-hydroxylation sites is 1. The number of rotatable bonds is 7. The number of likely N-dealkylation sites (N-methyl/N-ethyl adjacent to an activating group) is 1. The van der Waals surface area contributed by atoms with E-state index in [0.717, 1.165) is 16.5 Å². The molecule has 5 nitrogen and oxygen atoms in total. The molecule has 146 valence electrons. The van der Waals surface area contributed by atoms with Crippen molar-refractivity contribution in [1.82, 2.24) is 9.47 Å². The molecule has 0 fully saturated rings. The zero-order chi connectivity index (χ0) is 20.1. The van der Waals surface area contributed by atoms with Gasteiger partial charge >= 0.3 is 0 Å². The number of amides is 2. The SMILES string of the molecule is CCN(CC(=O)Nc1cc(Cl)ccc1C)C(=O)CCn1ccc2ccccc21. The number of aryl methyl sites for hydroxylation is 2. The van der Waals surface area contributed by atoms with Crippen molar-refractivity contribution >= 4 is 40.0 Å². The summed E-state index contributed by atoms with van der Waals surface area (Å²) >= 11 is 6.00. The lowest BCUT2D eigenvalue weighted by atomic mass is 10.2. The number of hydrogen-bond acceptors (Lipinski definition) is 2. The Kier molecular flexibility index (Phi) is 6.37. The molecule has 3 aromatic rings. The molecule has 3 rings (SSSR count). The first-order chi connectivity index (χ1) is 13.5. The molecule has 0 unspecified atom stereocenters. The van der Waals surface area contributed by atoms with Gasteiger partial charge in [-0.1, -0.05) is 35.9 Å². The van der Waals surface area contributed by atoms with E-state index < -0.39 is 0 Å². The Hall–Kier alpha value is -2.79. The Morgan fingerprint density at radius 2 is 1.93 bits per heavy atom. The Balaban J connectivity index is 1.58. The minimum Gasteiger partial charge on any atom is -0.347 e. The second-order valence-corrected chi connectivity index (χ2v) is 7.17. The summed E-state index contributed by atoms with van der Waals surface area (Å²) in [7, 11) is 0. The molecule has 0 aliphatic rings. The molecular formula is C22H24ClN3O2. The third-order valence-electron chi connectivity index (χ3n) is 4.79. The minimum absolute atomic E-state index is 0.0215. The fourth-order valence-electron chi connectivity index (χ4n) is 3.18. The van der Waals surface area contributed by atoms with Crippen molar-refractivity contribution in [2.75, 3.05) is 18.4 Å². The van der Waals surface area contributed by atoms with Crippen LogP contribution < -0.4 is 5.32 Å². The van der Waals surface area contributed by atoms with Crippen LogP contribution in [0.5, 0.6) is 0 Å². The van der Waals surface area contributed by atoms with Crippen molar-refractivity contribution in [2.24, 2.45) is 0 Å². The van der Waals surface area contributed by atoms with Gasteiger partial charge in [0, 0.05) is 41.9 Å². The molecule has 2 aromatic carbocycles. The molecular weight excluding hydrogens is 374 g/mol. The number of carbonyl (C=O) groups is 2. The van der Waals surface area contributed by atoms with Gasteiger partial charge < -0.3 is 14.8 Å². The van der Waals surface area contributed by atoms with E-state index in [1.807, 2.05) is 56.4 Å². The standard InChI is InChI=1S/C22H24ClN3O2/c1-3-25(15-21(27)24-19-14-18(23)9-8-16(19)2)22(28)11-13-26-12-10-17-6-4-5-7-20(17)26/h4-10,12,14H,3,11,13,15H2,1-2H3,(H,24,27). The number of carbonyl (C=O) groups excluding carboxylic acids is 2. The molecule has 0 spiro atoms. The highest BCUT2D eigenvalue weighted by Gasteiger charge is 2.16. The molecule has 6 heteroatoms. The average Bonchev–Trinajstić information content (AvgIpc) is 3.10. The van der Waals surface area contributed by atoms with Crippen molar-refractivity contribution in [3.8, 4) is 0 Å². The lowest BCUT2D eigenvalue weighted by Gasteiger charge is -2.21. The van der Waals surface area contributed by atoms with Gasteiger partial charge in [0.05, 0.1) is 6.54 Å². The lowest BCUT2D eigenvalue weighted by molar-refractivity contribution is -0.134. The Morgan fingerprint density at radius 3 is 2.71 bits per heavy atom. The predicted octanol–water partition coefficient (Wildman–Crippen LogP) is 4.48.